The molecule has 1 aliphatic carbocycles. The van der Waals surface area contributed by atoms with Crippen molar-refractivity contribution < 1.29 is 9.53 Å². The molecule has 0 bridgehead atoms. The van der Waals surface area contributed by atoms with Crippen molar-refractivity contribution in [1.82, 2.24) is 10.6 Å². The van der Waals surface area contributed by atoms with Crippen LogP contribution >= 0.6 is 0 Å². The van der Waals surface area contributed by atoms with Crippen molar-refractivity contribution in [2.75, 3.05) is 13.7 Å². The summed E-state index contributed by atoms with van der Waals surface area (Å²) in [5.41, 5.74) is 2.06. The Balaban J connectivity index is 2.22. The number of carbonyl (C=O) groups is 1. The van der Waals surface area contributed by atoms with Crippen molar-refractivity contribution in [2.24, 2.45) is 0 Å². The molecular formula is C9H12N2O2. The molecular weight excluding hydrogens is 168 g/mol. The lowest BCUT2D eigenvalue weighted by Gasteiger charge is -2.24. The SMILES string of the molecule is CNC1=CC2=C(CC1)NC(=O)CO2. The monoisotopic (exact) mass is 180 g/mol. The van der Waals surface area contributed by atoms with E-state index in [2.05, 4.69) is 10.6 Å². The zero-order valence-electron chi connectivity index (χ0n) is 7.52. The Bertz CT molecular complexity index is 305. The number of hydrogen-bond donors (Lipinski definition) is 2. The molecule has 2 aliphatic rings. The van der Waals surface area contributed by atoms with Crippen molar-refractivity contribution in [3.8, 4) is 0 Å². The number of amides is 1. The third-order valence-corrected chi connectivity index (χ3v) is 2.22. The van der Waals surface area contributed by atoms with Crippen molar-refractivity contribution in [1.29, 1.82) is 0 Å². The molecule has 0 spiro atoms. The lowest BCUT2D eigenvalue weighted by Crippen LogP contribution is -2.34. The van der Waals surface area contributed by atoms with Crippen LogP contribution < -0.4 is 10.6 Å². The summed E-state index contributed by atoms with van der Waals surface area (Å²) in [5, 5.41) is 5.89. The Morgan fingerprint density at radius 2 is 2.38 bits per heavy atom. The number of hydrogen-bond acceptors (Lipinski definition) is 3. The quantitative estimate of drug-likeness (QED) is 0.607. The van der Waals surface area contributed by atoms with Gasteiger partial charge in [-0.3, -0.25) is 4.79 Å². The summed E-state index contributed by atoms with van der Waals surface area (Å²) in [5.74, 6) is 0.746. The predicted molar refractivity (Wildman–Crippen MR) is 47.5 cm³/mol. The van der Waals surface area contributed by atoms with E-state index in [-0.39, 0.29) is 12.5 Å². The van der Waals surface area contributed by atoms with E-state index in [0.717, 1.165) is 30.0 Å². The van der Waals surface area contributed by atoms with Crippen molar-refractivity contribution in [2.45, 2.75) is 12.8 Å². The van der Waals surface area contributed by atoms with Gasteiger partial charge in [-0.2, -0.15) is 0 Å². The van der Waals surface area contributed by atoms with E-state index < -0.39 is 0 Å². The fourth-order valence-corrected chi connectivity index (χ4v) is 1.50. The molecule has 0 aromatic carbocycles. The van der Waals surface area contributed by atoms with Gasteiger partial charge in [0, 0.05) is 18.8 Å². The van der Waals surface area contributed by atoms with Gasteiger partial charge in [-0.1, -0.05) is 0 Å². The average Bonchev–Trinajstić information content (AvgIpc) is 2.17. The zero-order valence-corrected chi connectivity index (χ0v) is 7.52. The van der Waals surface area contributed by atoms with Gasteiger partial charge < -0.3 is 15.4 Å². The number of rotatable bonds is 1. The molecule has 4 nitrogen and oxygen atoms in total. The molecule has 13 heavy (non-hydrogen) atoms. The third kappa shape index (κ3) is 1.52. The molecule has 0 aromatic heterocycles. The van der Waals surface area contributed by atoms with E-state index in [4.69, 9.17) is 4.74 Å². The van der Waals surface area contributed by atoms with Crippen LogP contribution in [0.15, 0.2) is 23.2 Å². The number of ether oxygens (including phenoxy) is 1. The van der Waals surface area contributed by atoms with Gasteiger partial charge in [-0.25, -0.2) is 0 Å². The minimum absolute atomic E-state index is 0.0555. The Morgan fingerprint density at radius 1 is 1.54 bits per heavy atom. The highest BCUT2D eigenvalue weighted by Crippen LogP contribution is 2.23. The van der Waals surface area contributed by atoms with Gasteiger partial charge in [-0.15, -0.1) is 0 Å². The topological polar surface area (TPSA) is 50.4 Å². The van der Waals surface area contributed by atoms with Gasteiger partial charge in [0.15, 0.2) is 6.61 Å². The fourth-order valence-electron chi connectivity index (χ4n) is 1.50. The maximum absolute atomic E-state index is 11.0. The second-order valence-electron chi connectivity index (χ2n) is 3.10. The van der Waals surface area contributed by atoms with E-state index >= 15 is 0 Å². The zero-order chi connectivity index (χ0) is 9.26. The average molecular weight is 180 g/mol. The molecule has 4 heteroatoms. The van der Waals surface area contributed by atoms with Crippen molar-refractivity contribution in [3.05, 3.63) is 23.2 Å². The maximum Gasteiger partial charge on any atom is 0.262 e. The summed E-state index contributed by atoms with van der Waals surface area (Å²) >= 11 is 0. The normalized spacial score (nSPS) is 21.3. The Kier molecular flexibility index (Phi) is 1.96. The van der Waals surface area contributed by atoms with E-state index in [1.54, 1.807) is 0 Å². The first-order valence-corrected chi connectivity index (χ1v) is 4.33. The minimum Gasteiger partial charge on any atom is -0.482 e. The number of allylic oxidation sites excluding steroid dienone is 3. The van der Waals surface area contributed by atoms with Crippen LogP contribution in [0.5, 0.6) is 0 Å². The number of nitrogens with one attached hydrogen (secondary N) is 2. The first-order valence-electron chi connectivity index (χ1n) is 4.33. The molecule has 0 aromatic rings. The van der Waals surface area contributed by atoms with Crippen LogP contribution in [0.25, 0.3) is 0 Å². The minimum atomic E-state index is -0.0555. The first-order chi connectivity index (χ1) is 6.29. The van der Waals surface area contributed by atoms with E-state index in [1.807, 2.05) is 13.1 Å². The predicted octanol–water partition coefficient (Wildman–Crippen LogP) is 0.241. The largest absolute Gasteiger partial charge is 0.482 e. The molecule has 0 radical (unpaired) electrons. The van der Waals surface area contributed by atoms with Crippen LogP contribution in [-0.4, -0.2) is 19.6 Å². The van der Waals surface area contributed by atoms with Gasteiger partial charge in [-0.05, 0) is 12.8 Å². The maximum atomic E-state index is 11.0. The highest BCUT2D eigenvalue weighted by molar-refractivity contribution is 5.80. The van der Waals surface area contributed by atoms with Gasteiger partial charge in [0.05, 0.1) is 5.70 Å². The standard InChI is InChI=1S/C9H12N2O2/c1-10-6-2-3-7-8(4-6)13-5-9(12)11-7/h4,10H,2-3,5H2,1H3,(H,11,12). The fraction of sp³-hybridized carbons (Fsp3) is 0.444. The second kappa shape index (κ2) is 3.12. The molecule has 0 saturated carbocycles. The molecule has 1 aliphatic heterocycles. The molecule has 1 amide bonds. The van der Waals surface area contributed by atoms with Crippen LogP contribution in [0, 0.1) is 0 Å². The number of carbonyl (C=O) groups excluding carboxylic acids is 1. The van der Waals surface area contributed by atoms with Gasteiger partial charge >= 0.3 is 0 Å². The van der Waals surface area contributed by atoms with Crippen LogP contribution in [-0.2, 0) is 9.53 Å². The lowest BCUT2D eigenvalue weighted by atomic mass is 10.1. The summed E-state index contributed by atoms with van der Waals surface area (Å²) in [4.78, 5) is 11.0. The molecule has 2 rings (SSSR count). The van der Waals surface area contributed by atoms with Crippen LogP contribution in [0.4, 0.5) is 0 Å². The molecule has 0 unspecified atom stereocenters. The second-order valence-corrected chi connectivity index (χ2v) is 3.10. The van der Waals surface area contributed by atoms with Crippen molar-refractivity contribution >= 4 is 5.91 Å². The van der Waals surface area contributed by atoms with Gasteiger partial charge in [0.25, 0.3) is 5.91 Å². The highest BCUT2D eigenvalue weighted by atomic mass is 16.5. The van der Waals surface area contributed by atoms with Crippen molar-refractivity contribution in [3.63, 3.8) is 0 Å². The highest BCUT2D eigenvalue weighted by Gasteiger charge is 2.21. The lowest BCUT2D eigenvalue weighted by molar-refractivity contribution is -0.125. The van der Waals surface area contributed by atoms with Crippen LogP contribution in [0.3, 0.4) is 0 Å². The summed E-state index contributed by atoms with van der Waals surface area (Å²) in [7, 11) is 1.89. The van der Waals surface area contributed by atoms with Crippen LogP contribution in [0.1, 0.15) is 12.8 Å². The molecule has 0 atom stereocenters. The Labute approximate surface area is 76.6 Å². The molecule has 70 valence electrons. The van der Waals surface area contributed by atoms with E-state index in [9.17, 15) is 4.79 Å². The Hall–Kier alpha value is -1.45. The summed E-state index contributed by atoms with van der Waals surface area (Å²) in [6.07, 6.45) is 3.71. The third-order valence-electron chi connectivity index (χ3n) is 2.22. The van der Waals surface area contributed by atoms with E-state index in [0.29, 0.717) is 0 Å². The molecule has 0 fully saturated rings. The van der Waals surface area contributed by atoms with E-state index in [1.165, 1.54) is 0 Å². The molecule has 0 saturated heterocycles. The summed E-state index contributed by atoms with van der Waals surface area (Å²) in [6.45, 7) is 0.131. The molecule has 1 heterocycles. The summed E-state index contributed by atoms with van der Waals surface area (Å²) < 4.78 is 5.28. The summed E-state index contributed by atoms with van der Waals surface area (Å²) in [6, 6.07) is 0. The Morgan fingerprint density at radius 3 is 3.15 bits per heavy atom. The van der Waals surface area contributed by atoms with Gasteiger partial charge in [0.1, 0.15) is 5.76 Å². The molecule has 2 N–H and O–H groups in total. The van der Waals surface area contributed by atoms with Crippen LogP contribution in [0.2, 0.25) is 0 Å². The van der Waals surface area contributed by atoms with Gasteiger partial charge in [0.2, 0.25) is 0 Å². The first kappa shape index (κ1) is 8.16. The smallest absolute Gasteiger partial charge is 0.262 e.